The fourth-order valence-electron chi connectivity index (χ4n) is 1.53. The van der Waals surface area contributed by atoms with Gasteiger partial charge in [0.1, 0.15) is 5.75 Å². The summed E-state index contributed by atoms with van der Waals surface area (Å²) < 4.78 is 0. The summed E-state index contributed by atoms with van der Waals surface area (Å²) in [5, 5.41) is 11.8. The van der Waals surface area contributed by atoms with Crippen LogP contribution in [0.4, 0.5) is 0 Å². The van der Waals surface area contributed by atoms with E-state index in [0.29, 0.717) is 5.75 Å². The molecule has 0 atom stereocenters. The zero-order chi connectivity index (χ0) is 11.4. The first-order valence-electron chi connectivity index (χ1n) is 5.37. The molecule has 80 valence electrons. The second-order valence-corrected chi connectivity index (χ2v) is 3.46. The van der Waals surface area contributed by atoms with Crippen LogP contribution < -0.4 is 0 Å². The molecule has 15 heavy (non-hydrogen) atoms. The minimum absolute atomic E-state index is 0.404. The van der Waals surface area contributed by atoms with Crippen LogP contribution in [0.1, 0.15) is 25.0 Å². The minimum Gasteiger partial charge on any atom is -0.507 e. The average Bonchev–Trinajstić information content (AvgIpc) is 2.27. The molecule has 2 aromatic rings. The average molecular weight is 202 g/mol. The topological polar surface area (TPSA) is 20.2 Å². The Morgan fingerprint density at radius 3 is 2.20 bits per heavy atom. The monoisotopic (exact) mass is 202 g/mol. The van der Waals surface area contributed by atoms with Crippen LogP contribution in [0.2, 0.25) is 0 Å². The third-order valence-electron chi connectivity index (χ3n) is 2.35. The smallest absolute Gasteiger partial charge is 0.126 e. The van der Waals surface area contributed by atoms with E-state index in [1.807, 2.05) is 52.0 Å². The summed E-state index contributed by atoms with van der Waals surface area (Å²) in [5.41, 5.74) is 2.10. The lowest BCUT2D eigenvalue weighted by Crippen LogP contribution is -1.79. The number of phenolic OH excluding ortho intramolecular Hbond substituents is 1. The van der Waals surface area contributed by atoms with E-state index in [1.54, 1.807) is 0 Å². The summed E-state index contributed by atoms with van der Waals surface area (Å²) in [6.07, 6.45) is 0. The van der Waals surface area contributed by atoms with E-state index in [0.717, 1.165) is 16.3 Å². The lowest BCUT2D eigenvalue weighted by Gasteiger charge is -2.04. The first kappa shape index (κ1) is 11.6. The number of fused-ring (bicyclic) bond motifs is 1. The number of rotatable bonds is 0. The normalized spacial score (nSPS) is 9.60. The molecule has 2 rings (SSSR count). The molecule has 1 N–H and O–H groups in total. The molecule has 0 bridgehead atoms. The van der Waals surface area contributed by atoms with Gasteiger partial charge in [0.05, 0.1) is 0 Å². The van der Waals surface area contributed by atoms with Gasteiger partial charge in [-0.25, -0.2) is 0 Å². The molecule has 0 spiro atoms. The molecule has 1 nitrogen and oxygen atoms in total. The summed E-state index contributed by atoms with van der Waals surface area (Å²) >= 11 is 0. The van der Waals surface area contributed by atoms with Gasteiger partial charge in [0.2, 0.25) is 0 Å². The predicted molar refractivity (Wildman–Crippen MR) is 66.4 cm³/mol. The quantitative estimate of drug-likeness (QED) is 0.679. The van der Waals surface area contributed by atoms with Crippen molar-refractivity contribution in [2.75, 3.05) is 0 Å². The largest absolute Gasteiger partial charge is 0.507 e. The fraction of sp³-hybridized carbons (Fsp3) is 0.286. The molecule has 0 aliphatic heterocycles. The van der Waals surface area contributed by atoms with Gasteiger partial charge in [-0.2, -0.15) is 0 Å². The molecule has 0 radical (unpaired) electrons. The number of aryl methyl sites for hydroxylation is 2. The first-order chi connectivity index (χ1) is 7.18. The molecule has 0 heterocycles. The first-order valence-corrected chi connectivity index (χ1v) is 5.37. The Labute approximate surface area is 91.4 Å². The summed E-state index contributed by atoms with van der Waals surface area (Å²) in [4.78, 5) is 0. The molecule has 0 amide bonds. The van der Waals surface area contributed by atoms with Gasteiger partial charge in [-0.15, -0.1) is 0 Å². The van der Waals surface area contributed by atoms with Gasteiger partial charge in [0.15, 0.2) is 0 Å². The summed E-state index contributed by atoms with van der Waals surface area (Å²) in [6.45, 7) is 7.94. The Balaban J connectivity index is 0.000000531. The zero-order valence-corrected chi connectivity index (χ0v) is 9.83. The van der Waals surface area contributed by atoms with Crippen molar-refractivity contribution in [3.63, 3.8) is 0 Å². The third-order valence-corrected chi connectivity index (χ3v) is 2.35. The van der Waals surface area contributed by atoms with Crippen molar-refractivity contribution in [3.8, 4) is 5.75 Å². The Hall–Kier alpha value is -1.50. The minimum atomic E-state index is 0.404. The molecule has 0 saturated heterocycles. The van der Waals surface area contributed by atoms with Crippen LogP contribution in [0.15, 0.2) is 30.3 Å². The highest BCUT2D eigenvalue weighted by Crippen LogP contribution is 2.28. The molecule has 2 aromatic carbocycles. The second-order valence-electron chi connectivity index (χ2n) is 3.46. The number of aromatic hydroxyl groups is 1. The molecule has 1 heteroatoms. The van der Waals surface area contributed by atoms with Crippen molar-refractivity contribution in [3.05, 3.63) is 41.5 Å². The van der Waals surface area contributed by atoms with Gasteiger partial charge in [-0.05, 0) is 30.9 Å². The molecule has 0 aliphatic rings. The highest BCUT2D eigenvalue weighted by atomic mass is 16.3. The van der Waals surface area contributed by atoms with E-state index in [9.17, 15) is 5.11 Å². The van der Waals surface area contributed by atoms with Crippen LogP contribution in [-0.4, -0.2) is 5.11 Å². The molecule has 0 saturated carbocycles. The van der Waals surface area contributed by atoms with E-state index < -0.39 is 0 Å². The van der Waals surface area contributed by atoms with Gasteiger partial charge >= 0.3 is 0 Å². The fourth-order valence-corrected chi connectivity index (χ4v) is 1.53. The number of phenols is 1. The number of hydrogen-bond acceptors (Lipinski definition) is 1. The Morgan fingerprint density at radius 2 is 1.53 bits per heavy atom. The van der Waals surface area contributed by atoms with E-state index in [1.165, 1.54) is 5.56 Å². The van der Waals surface area contributed by atoms with Gasteiger partial charge in [0, 0.05) is 5.39 Å². The molecule has 0 aliphatic carbocycles. The van der Waals surface area contributed by atoms with E-state index in [4.69, 9.17) is 0 Å². The summed E-state index contributed by atoms with van der Waals surface area (Å²) in [5.74, 6) is 0.404. The Kier molecular flexibility index (Phi) is 3.73. The SMILES string of the molecule is CC.Cc1ccc2ccc(C)c(O)c2c1. The molecular formula is C14H18O. The molecule has 0 aromatic heterocycles. The van der Waals surface area contributed by atoms with Crippen molar-refractivity contribution >= 4 is 10.8 Å². The van der Waals surface area contributed by atoms with Crippen LogP contribution in [0.3, 0.4) is 0 Å². The molecule has 0 unspecified atom stereocenters. The molecule has 0 fully saturated rings. The van der Waals surface area contributed by atoms with Gasteiger partial charge in [0.25, 0.3) is 0 Å². The van der Waals surface area contributed by atoms with Crippen LogP contribution in [0.5, 0.6) is 5.75 Å². The standard InChI is InChI=1S/C12H12O.C2H6/c1-8-3-5-10-6-4-9(2)12(13)11(10)7-8;1-2/h3-7,13H,1-2H3;1-2H3. The third kappa shape index (κ3) is 2.30. The maximum atomic E-state index is 9.78. The predicted octanol–water partition coefficient (Wildman–Crippen LogP) is 4.19. The van der Waals surface area contributed by atoms with Crippen LogP contribution in [-0.2, 0) is 0 Å². The van der Waals surface area contributed by atoms with Gasteiger partial charge < -0.3 is 5.11 Å². The van der Waals surface area contributed by atoms with E-state index >= 15 is 0 Å². The van der Waals surface area contributed by atoms with E-state index in [2.05, 4.69) is 6.07 Å². The van der Waals surface area contributed by atoms with Crippen molar-refractivity contribution in [2.24, 2.45) is 0 Å². The van der Waals surface area contributed by atoms with Crippen LogP contribution in [0, 0.1) is 13.8 Å². The highest BCUT2D eigenvalue weighted by molar-refractivity contribution is 5.89. The highest BCUT2D eigenvalue weighted by Gasteiger charge is 2.01. The molecular weight excluding hydrogens is 184 g/mol. The van der Waals surface area contributed by atoms with Gasteiger partial charge in [-0.3, -0.25) is 0 Å². The van der Waals surface area contributed by atoms with E-state index in [-0.39, 0.29) is 0 Å². The zero-order valence-electron chi connectivity index (χ0n) is 9.83. The van der Waals surface area contributed by atoms with Crippen LogP contribution in [0.25, 0.3) is 10.8 Å². The van der Waals surface area contributed by atoms with Crippen molar-refractivity contribution in [2.45, 2.75) is 27.7 Å². The lowest BCUT2D eigenvalue weighted by molar-refractivity contribution is 0.477. The summed E-state index contributed by atoms with van der Waals surface area (Å²) in [6, 6.07) is 10.1. The second kappa shape index (κ2) is 4.83. The maximum absolute atomic E-state index is 9.78. The van der Waals surface area contributed by atoms with Crippen molar-refractivity contribution in [1.29, 1.82) is 0 Å². The van der Waals surface area contributed by atoms with Gasteiger partial charge in [-0.1, -0.05) is 43.7 Å². The Morgan fingerprint density at radius 1 is 0.933 bits per heavy atom. The van der Waals surface area contributed by atoms with Crippen molar-refractivity contribution < 1.29 is 5.11 Å². The maximum Gasteiger partial charge on any atom is 0.126 e. The number of hydrogen-bond donors (Lipinski definition) is 1. The lowest BCUT2D eigenvalue weighted by atomic mass is 10.0. The van der Waals surface area contributed by atoms with Crippen LogP contribution >= 0.6 is 0 Å². The summed E-state index contributed by atoms with van der Waals surface area (Å²) in [7, 11) is 0. The number of benzene rings is 2. The van der Waals surface area contributed by atoms with Crippen molar-refractivity contribution in [1.82, 2.24) is 0 Å². The Bertz CT molecular complexity index is 453.